The Labute approximate surface area is 219 Å². The molecule has 1 fully saturated rings. The van der Waals surface area contributed by atoms with E-state index in [-0.39, 0.29) is 36.2 Å². The predicted molar refractivity (Wildman–Crippen MR) is 146 cm³/mol. The van der Waals surface area contributed by atoms with Crippen molar-refractivity contribution in [3.63, 3.8) is 0 Å². The third-order valence-corrected chi connectivity index (χ3v) is 8.07. The van der Waals surface area contributed by atoms with Gasteiger partial charge in [0.1, 0.15) is 6.04 Å². The standard InChI is InChI=1S/C28H42N4O3S/c1-8-17(3)31-25(28(5,6)7)27(35)32-15-22(33)13-23(32)26(34)29-14-21-11-10-20(12-19(21)9-2)24-18(4)30-16-36-24/h10-12,16-17,22-23,25,31,33H,8-9,13-15H2,1-7H3,(H,29,34)/t17?,22-,23+,25-/m1/s1. The van der Waals surface area contributed by atoms with Gasteiger partial charge in [0.15, 0.2) is 0 Å². The van der Waals surface area contributed by atoms with Crippen LogP contribution in [0.1, 0.15) is 71.2 Å². The van der Waals surface area contributed by atoms with Crippen LogP contribution in [0.2, 0.25) is 0 Å². The zero-order chi connectivity index (χ0) is 26.6. The molecule has 2 amide bonds. The maximum Gasteiger partial charge on any atom is 0.243 e. The first-order valence-corrected chi connectivity index (χ1v) is 13.9. The third-order valence-electron chi connectivity index (χ3n) is 7.09. The van der Waals surface area contributed by atoms with Gasteiger partial charge in [-0.2, -0.15) is 0 Å². The summed E-state index contributed by atoms with van der Waals surface area (Å²) >= 11 is 1.63. The summed E-state index contributed by atoms with van der Waals surface area (Å²) in [7, 11) is 0. The number of aliphatic hydroxyl groups excluding tert-OH is 1. The number of aryl methyl sites for hydroxylation is 2. The van der Waals surface area contributed by atoms with E-state index in [4.69, 9.17) is 0 Å². The molecule has 3 N–H and O–H groups in total. The van der Waals surface area contributed by atoms with Crippen LogP contribution in [-0.2, 0) is 22.6 Å². The molecule has 0 bridgehead atoms. The molecule has 2 aromatic rings. The highest BCUT2D eigenvalue weighted by Crippen LogP contribution is 2.30. The number of amides is 2. The molecule has 1 aromatic heterocycles. The molecule has 1 unspecified atom stereocenters. The lowest BCUT2D eigenvalue weighted by Gasteiger charge is -2.37. The lowest BCUT2D eigenvalue weighted by Crippen LogP contribution is -2.58. The van der Waals surface area contributed by atoms with Crippen molar-refractivity contribution in [2.45, 2.75) is 98.5 Å². The van der Waals surface area contributed by atoms with Crippen molar-refractivity contribution in [1.29, 1.82) is 0 Å². The van der Waals surface area contributed by atoms with Crippen LogP contribution >= 0.6 is 11.3 Å². The zero-order valence-corrected chi connectivity index (χ0v) is 23.5. The average molecular weight is 515 g/mol. The first-order valence-electron chi connectivity index (χ1n) is 13.0. The highest BCUT2D eigenvalue weighted by Gasteiger charge is 2.44. The van der Waals surface area contributed by atoms with E-state index in [9.17, 15) is 14.7 Å². The Morgan fingerprint density at radius 3 is 2.56 bits per heavy atom. The first kappa shape index (κ1) is 28.3. The molecule has 1 aliphatic heterocycles. The summed E-state index contributed by atoms with van der Waals surface area (Å²) in [6, 6.07) is 5.35. The van der Waals surface area contributed by atoms with Crippen LogP contribution in [0.4, 0.5) is 0 Å². The fourth-order valence-corrected chi connectivity index (χ4v) is 5.52. The predicted octanol–water partition coefficient (Wildman–Crippen LogP) is 4.06. The topological polar surface area (TPSA) is 94.6 Å². The van der Waals surface area contributed by atoms with Crippen molar-refractivity contribution >= 4 is 23.2 Å². The number of likely N-dealkylation sites (tertiary alicyclic amines) is 1. The number of carbonyl (C=O) groups is 2. The van der Waals surface area contributed by atoms with Gasteiger partial charge in [0.25, 0.3) is 0 Å². The second-order valence-electron chi connectivity index (χ2n) is 11.0. The molecule has 8 heteroatoms. The van der Waals surface area contributed by atoms with Gasteiger partial charge in [0.05, 0.1) is 28.2 Å². The van der Waals surface area contributed by atoms with Gasteiger partial charge in [0, 0.05) is 25.6 Å². The number of nitrogens with one attached hydrogen (secondary N) is 2. The van der Waals surface area contributed by atoms with Crippen LogP contribution in [-0.4, -0.2) is 57.6 Å². The summed E-state index contributed by atoms with van der Waals surface area (Å²) in [5.74, 6) is -0.349. The molecule has 0 radical (unpaired) electrons. The van der Waals surface area contributed by atoms with Gasteiger partial charge in [-0.05, 0) is 54.9 Å². The van der Waals surface area contributed by atoms with Crippen molar-refractivity contribution in [2.75, 3.05) is 6.54 Å². The number of aromatic nitrogens is 1. The molecular formula is C28H42N4O3S. The molecule has 7 nitrogen and oxygen atoms in total. The second-order valence-corrected chi connectivity index (χ2v) is 11.8. The summed E-state index contributed by atoms with van der Waals surface area (Å²) in [5, 5.41) is 16.9. The third kappa shape index (κ3) is 6.52. The van der Waals surface area contributed by atoms with Crippen molar-refractivity contribution in [3.8, 4) is 10.4 Å². The summed E-state index contributed by atoms with van der Waals surface area (Å²) in [6.45, 7) is 14.9. The maximum absolute atomic E-state index is 13.6. The second kappa shape index (κ2) is 11.8. The van der Waals surface area contributed by atoms with E-state index in [1.165, 1.54) is 5.56 Å². The fraction of sp³-hybridized carbons (Fsp3) is 0.607. The molecule has 0 spiro atoms. The molecule has 36 heavy (non-hydrogen) atoms. The highest BCUT2D eigenvalue weighted by atomic mass is 32.1. The minimum atomic E-state index is -0.706. The van der Waals surface area contributed by atoms with Gasteiger partial charge in [-0.15, -0.1) is 11.3 Å². The molecule has 1 saturated heterocycles. The number of aliphatic hydroxyl groups is 1. The van der Waals surface area contributed by atoms with E-state index in [1.54, 1.807) is 16.2 Å². The highest BCUT2D eigenvalue weighted by molar-refractivity contribution is 7.13. The number of rotatable bonds is 9. The van der Waals surface area contributed by atoms with Crippen LogP contribution < -0.4 is 10.6 Å². The lowest BCUT2D eigenvalue weighted by atomic mass is 9.85. The van der Waals surface area contributed by atoms with Gasteiger partial charge < -0.3 is 20.6 Å². The van der Waals surface area contributed by atoms with Gasteiger partial charge in [0.2, 0.25) is 11.8 Å². The summed E-state index contributed by atoms with van der Waals surface area (Å²) in [5.41, 5.74) is 5.91. The Morgan fingerprint density at radius 2 is 1.97 bits per heavy atom. The van der Waals surface area contributed by atoms with Gasteiger partial charge in [-0.1, -0.05) is 46.8 Å². The Hall–Kier alpha value is -2.29. The SMILES string of the molecule is CCc1cc(-c2scnc2C)ccc1CNC(=O)[C@@H]1C[C@@H](O)CN1C(=O)[C@@H](NC(C)CC)C(C)(C)C. The van der Waals surface area contributed by atoms with Crippen LogP contribution in [0, 0.1) is 12.3 Å². The van der Waals surface area contributed by atoms with Crippen LogP contribution in [0.15, 0.2) is 23.7 Å². The molecule has 1 aliphatic rings. The number of carbonyl (C=O) groups excluding carboxylic acids is 2. The number of nitrogens with zero attached hydrogens (tertiary/aromatic N) is 2. The number of thiazole rings is 1. The van der Waals surface area contributed by atoms with E-state index >= 15 is 0 Å². The minimum Gasteiger partial charge on any atom is -0.391 e. The van der Waals surface area contributed by atoms with E-state index < -0.39 is 18.2 Å². The fourth-order valence-electron chi connectivity index (χ4n) is 4.71. The Morgan fingerprint density at radius 1 is 1.25 bits per heavy atom. The summed E-state index contributed by atoms with van der Waals surface area (Å²) in [4.78, 5) is 34.0. The van der Waals surface area contributed by atoms with Crippen LogP contribution in [0.25, 0.3) is 10.4 Å². The Bertz CT molecular complexity index is 1060. The molecule has 0 aliphatic carbocycles. The van der Waals surface area contributed by atoms with Gasteiger partial charge in [-0.25, -0.2) is 4.98 Å². The molecule has 1 aromatic carbocycles. The van der Waals surface area contributed by atoms with E-state index in [0.29, 0.717) is 6.54 Å². The molecule has 3 rings (SSSR count). The average Bonchev–Trinajstić information content (AvgIpc) is 3.44. The van der Waals surface area contributed by atoms with Crippen molar-refractivity contribution in [2.24, 2.45) is 5.41 Å². The molecule has 198 valence electrons. The van der Waals surface area contributed by atoms with Crippen molar-refractivity contribution < 1.29 is 14.7 Å². The largest absolute Gasteiger partial charge is 0.391 e. The van der Waals surface area contributed by atoms with Gasteiger partial charge >= 0.3 is 0 Å². The van der Waals surface area contributed by atoms with Crippen LogP contribution in [0.5, 0.6) is 0 Å². The molecular weight excluding hydrogens is 472 g/mol. The van der Waals surface area contributed by atoms with Gasteiger partial charge in [-0.3, -0.25) is 9.59 Å². The normalized spacial score (nSPS) is 19.8. The number of hydrogen-bond acceptors (Lipinski definition) is 6. The Balaban J connectivity index is 1.74. The number of benzene rings is 1. The quantitative estimate of drug-likeness (QED) is 0.469. The number of β-amino-alcohol motifs (C(OH)–C–C–N with tert-alkyl or cyclic N) is 1. The monoisotopic (exact) mass is 514 g/mol. The number of hydrogen-bond donors (Lipinski definition) is 3. The minimum absolute atomic E-state index is 0.127. The molecule has 2 heterocycles. The first-order chi connectivity index (χ1) is 17.0. The summed E-state index contributed by atoms with van der Waals surface area (Å²) in [6.07, 6.45) is 1.29. The van der Waals surface area contributed by atoms with Crippen LogP contribution in [0.3, 0.4) is 0 Å². The maximum atomic E-state index is 13.6. The lowest BCUT2D eigenvalue weighted by molar-refractivity contribution is -0.142. The van der Waals surface area contributed by atoms with E-state index in [1.807, 2.05) is 33.2 Å². The summed E-state index contributed by atoms with van der Waals surface area (Å²) < 4.78 is 0. The molecule has 4 atom stereocenters. The van der Waals surface area contributed by atoms with Crippen molar-refractivity contribution in [1.82, 2.24) is 20.5 Å². The van der Waals surface area contributed by atoms with E-state index in [2.05, 4.69) is 54.6 Å². The van der Waals surface area contributed by atoms with E-state index in [0.717, 1.165) is 34.5 Å². The van der Waals surface area contributed by atoms with Crippen molar-refractivity contribution in [3.05, 3.63) is 40.5 Å². The molecule has 0 saturated carbocycles. The zero-order valence-electron chi connectivity index (χ0n) is 22.7. The smallest absolute Gasteiger partial charge is 0.243 e. The Kier molecular flexibility index (Phi) is 9.30.